The van der Waals surface area contributed by atoms with Crippen molar-refractivity contribution in [2.45, 2.75) is 26.3 Å². The molecule has 0 aliphatic rings. The van der Waals surface area contributed by atoms with Gasteiger partial charge in [-0.25, -0.2) is 4.98 Å². The predicted molar refractivity (Wildman–Crippen MR) is 65.8 cm³/mol. The highest BCUT2D eigenvalue weighted by molar-refractivity contribution is 7.09. The Hall–Kier alpha value is -1.13. The van der Waals surface area contributed by atoms with E-state index in [1.807, 2.05) is 27.2 Å². The lowest BCUT2D eigenvalue weighted by atomic mass is 10.1. The van der Waals surface area contributed by atoms with Gasteiger partial charge < -0.3 is 9.73 Å². The van der Waals surface area contributed by atoms with Gasteiger partial charge in [-0.2, -0.15) is 0 Å². The summed E-state index contributed by atoms with van der Waals surface area (Å²) in [7, 11) is 1.97. The van der Waals surface area contributed by atoms with Crippen molar-refractivity contribution in [3.8, 4) is 0 Å². The summed E-state index contributed by atoms with van der Waals surface area (Å²) < 4.78 is 5.33. The molecule has 2 aromatic rings. The van der Waals surface area contributed by atoms with Crippen LogP contribution in [-0.2, 0) is 6.42 Å². The number of nitrogens with one attached hydrogen (secondary N) is 1. The van der Waals surface area contributed by atoms with Crippen LogP contribution in [0.5, 0.6) is 0 Å². The van der Waals surface area contributed by atoms with Crippen LogP contribution in [0.4, 0.5) is 0 Å². The van der Waals surface area contributed by atoms with Crippen molar-refractivity contribution in [2.75, 3.05) is 7.05 Å². The third-order valence-electron chi connectivity index (χ3n) is 2.55. The van der Waals surface area contributed by atoms with Gasteiger partial charge in [0.1, 0.15) is 5.76 Å². The van der Waals surface area contributed by atoms with Gasteiger partial charge in [0.2, 0.25) is 0 Å². The number of nitrogens with zero attached hydrogens (tertiary/aromatic N) is 1. The number of aromatic nitrogens is 1. The molecule has 1 unspecified atom stereocenters. The Kier molecular flexibility index (Phi) is 3.41. The number of rotatable bonds is 4. The molecule has 0 aromatic carbocycles. The van der Waals surface area contributed by atoms with Crippen LogP contribution in [-0.4, -0.2) is 12.0 Å². The van der Waals surface area contributed by atoms with Crippen LogP contribution in [0.2, 0.25) is 0 Å². The molecule has 0 saturated heterocycles. The molecule has 1 atom stereocenters. The Bertz CT molecular complexity index is 461. The Morgan fingerprint density at radius 1 is 1.50 bits per heavy atom. The molecule has 2 rings (SSSR count). The maximum atomic E-state index is 5.33. The highest BCUT2D eigenvalue weighted by Crippen LogP contribution is 2.22. The molecule has 16 heavy (non-hydrogen) atoms. The quantitative estimate of drug-likeness (QED) is 0.887. The molecule has 1 N–H and O–H groups in total. The van der Waals surface area contributed by atoms with Crippen molar-refractivity contribution in [1.29, 1.82) is 0 Å². The summed E-state index contributed by atoms with van der Waals surface area (Å²) in [5, 5.41) is 6.54. The van der Waals surface area contributed by atoms with E-state index in [0.717, 1.165) is 22.9 Å². The van der Waals surface area contributed by atoms with Crippen LogP contribution in [0.25, 0.3) is 0 Å². The van der Waals surface area contributed by atoms with Gasteiger partial charge in [-0.1, -0.05) is 0 Å². The fraction of sp³-hybridized carbons (Fsp3) is 0.417. The van der Waals surface area contributed by atoms with Gasteiger partial charge in [-0.05, 0) is 27.0 Å². The Morgan fingerprint density at radius 3 is 2.81 bits per heavy atom. The lowest BCUT2D eigenvalue weighted by Crippen LogP contribution is -2.18. The maximum absolute atomic E-state index is 5.33. The molecule has 0 aliphatic carbocycles. The fourth-order valence-electron chi connectivity index (χ4n) is 1.70. The SMILES string of the molecule is CNC(Cc1nc(C)cs1)c1coc(C)c1. The number of hydrogen-bond donors (Lipinski definition) is 1. The Labute approximate surface area is 99.5 Å². The highest BCUT2D eigenvalue weighted by atomic mass is 32.1. The molecular weight excluding hydrogens is 220 g/mol. The average molecular weight is 236 g/mol. The summed E-state index contributed by atoms with van der Waals surface area (Å²) >= 11 is 1.71. The zero-order valence-corrected chi connectivity index (χ0v) is 10.6. The number of furan rings is 1. The van der Waals surface area contributed by atoms with Gasteiger partial charge >= 0.3 is 0 Å². The number of hydrogen-bond acceptors (Lipinski definition) is 4. The van der Waals surface area contributed by atoms with E-state index in [9.17, 15) is 0 Å². The molecule has 2 aromatic heterocycles. The molecule has 0 aliphatic heterocycles. The van der Waals surface area contributed by atoms with E-state index in [4.69, 9.17) is 4.42 Å². The van der Waals surface area contributed by atoms with Crippen molar-refractivity contribution in [3.63, 3.8) is 0 Å². The van der Waals surface area contributed by atoms with Gasteiger partial charge in [-0.3, -0.25) is 0 Å². The maximum Gasteiger partial charge on any atom is 0.101 e. The largest absolute Gasteiger partial charge is 0.469 e. The number of likely N-dealkylation sites (N-methyl/N-ethyl adjacent to an activating group) is 1. The van der Waals surface area contributed by atoms with Gasteiger partial charge in [0.05, 0.1) is 11.3 Å². The molecule has 4 heteroatoms. The standard InChI is InChI=1S/C12H16N2OS/c1-8-7-16-12(14-8)5-11(13-3)10-4-9(2)15-6-10/h4,6-7,11,13H,5H2,1-3H3. The minimum Gasteiger partial charge on any atom is -0.469 e. The smallest absolute Gasteiger partial charge is 0.101 e. The van der Waals surface area contributed by atoms with Crippen molar-refractivity contribution in [2.24, 2.45) is 0 Å². The molecular formula is C12H16N2OS. The summed E-state index contributed by atoms with van der Waals surface area (Å²) in [6.07, 6.45) is 2.73. The molecule has 86 valence electrons. The Balaban J connectivity index is 2.12. The van der Waals surface area contributed by atoms with Crippen LogP contribution >= 0.6 is 11.3 Å². The van der Waals surface area contributed by atoms with E-state index in [-0.39, 0.29) is 6.04 Å². The third kappa shape index (κ3) is 2.51. The summed E-state index contributed by atoms with van der Waals surface area (Å²) in [5.74, 6) is 0.950. The van der Waals surface area contributed by atoms with Gasteiger partial charge in [-0.15, -0.1) is 11.3 Å². The van der Waals surface area contributed by atoms with Crippen LogP contribution in [0, 0.1) is 13.8 Å². The molecule has 0 saturated carbocycles. The van der Waals surface area contributed by atoms with Crippen molar-refractivity contribution in [1.82, 2.24) is 10.3 Å². The summed E-state index contributed by atoms with van der Waals surface area (Å²) in [5.41, 5.74) is 2.28. The van der Waals surface area contributed by atoms with E-state index >= 15 is 0 Å². The third-order valence-corrected chi connectivity index (χ3v) is 3.54. The zero-order chi connectivity index (χ0) is 11.5. The molecule has 0 spiro atoms. The summed E-state index contributed by atoms with van der Waals surface area (Å²) in [6.45, 7) is 3.99. The molecule has 0 bridgehead atoms. The minimum atomic E-state index is 0.281. The first-order chi connectivity index (χ1) is 7.69. The molecule has 0 radical (unpaired) electrons. The van der Waals surface area contributed by atoms with E-state index in [2.05, 4.69) is 21.7 Å². The van der Waals surface area contributed by atoms with E-state index in [1.165, 1.54) is 5.56 Å². The van der Waals surface area contributed by atoms with Crippen LogP contribution in [0.15, 0.2) is 22.1 Å². The van der Waals surface area contributed by atoms with Crippen LogP contribution in [0.3, 0.4) is 0 Å². The van der Waals surface area contributed by atoms with Crippen molar-refractivity contribution in [3.05, 3.63) is 39.7 Å². The molecule has 2 heterocycles. The van der Waals surface area contributed by atoms with Crippen molar-refractivity contribution < 1.29 is 4.42 Å². The molecule has 0 fully saturated rings. The lowest BCUT2D eigenvalue weighted by Gasteiger charge is -2.12. The topological polar surface area (TPSA) is 38.1 Å². The number of aryl methyl sites for hydroxylation is 2. The van der Waals surface area contributed by atoms with Crippen molar-refractivity contribution >= 4 is 11.3 Å². The first-order valence-corrected chi connectivity index (χ1v) is 6.20. The second-order valence-corrected chi connectivity index (χ2v) is 4.86. The molecule has 0 amide bonds. The molecule has 3 nitrogen and oxygen atoms in total. The summed E-state index contributed by atoms with van der Waals surface area (Å²) in [4.78, 5) is 4.48. The van der Waals surface area contributed by atoms with E-state index < -0.39 is 0 Å². The normalized spacial score (nSPS) is 12.9. The van der Waals surface area contributed by atoms with Gasteiger partial charge in [0.25, 0.3) is 0 Å². The van der Waals surface area contributed by atoms with E-state index in [0.29, 0.717) is 0 Å². The zero-order valence-electron chi connectivity index (χ0n) is 9.78. The Morgan fingerprint density at radius 2 is 2.31 bits per heavy atom. The van der Waals surface area contributed by atoms with E-state index in [1.54, 1.807) is 11.3 Å². The van der Waals surface area contributed by atoms with Gasteiger partial charge in [0, 0.05) is 29.1 Å². The minimum absolute atomic E-state index is 0.281. The predicted octanol–water partition coefficient (Wildman–Crippen LogP) is 2.86. The monoisotopic (exact) mass is 236 g/mol. The first kappa shape index (κ1) is 11.4. The lowest BCUT2D eigenvalue weighted by molar-refractivity contribution is 0.520. The fourth-order valence-corrected chi connectivity index (χ4v) is 2.52. The highest BCUT2D eigenvalue weighted by Gasteiger charge is 2.14. The second-order valence-electron chi connectivity index (χ2n) is 3.92. The second kappa shape index (κ2) is 4.80. The average Bonchev–Trinajstić information content (AvgIpc) is 2.84. The van der Waals surface area contributed by atoms with Gasteiger partial charge in [0.15, 0.2) is 0 Å². The van der Waals surface area contributed by atoms with Crippen LogP contribution in [0.1, 0.15) is 28.1 Å². The summed E-state index contributed by atoms with van der Waals surface area (Å²) in [6, 6.07) is 2.35. The number of thiazole rings is 1. The first-order valence-electron chi connectivity index (χ1n) is 5.32. The van der Waals surface area contributed by atoms with Crippen LogP contribution < -0.4 is 5.32 Å².